The van der Waals surface area contributed by atoms with E-state index in [9.17, 15) is 0 Å². The van der Waals surface area contributed by atoms with Crippen LogP contribution in [-0.2, 0) is 0 Å². The van der Waals surface area contributed by atoms with Crippen LogP contribution in [0.1, 0.15) is 51.4 Å². The summed E-state index contributed by atoms with van der Waals surface area (Å²) < 4.78 is 0. The van der Waals surface area contributed by atoms with E-state index in [4.69, 9.17) is 0 Å². The molecule has 4 heteroatoms. The Hall–Kier alpha value is 0.700. The zero-order valence-electron chi connectivity index (χ0n) is 12.3. The van der Waals surface area contributed by atoms with Crippen LogP contribution in [0.25, 0.3) is 0 Å². The molecular weight excluding hydrogens is 320 g/mol. The quantitative estimate of drug-likeness (QED) is 0.462. The molecule has 0 radical (unpaired) electrons. The Bertz CT molecular complexity index is 265. The van der Waals surface area contributed by atoms with Crippen LogP contribution in [0.15, 0.2) is 10.8 Å². The van der Waals surface area contributed by atoms with Gasteiger partial charge in [0.25, 0.3) is 0 Å². The van der Waals surface area contributed by atoms with Gasteiger partial charge < -0.3 is 0 Å². The molecule has 0 spiro atoms. The first-order chi connectivity index (χ1) is 10.0. The van der Waals surface area contributed by atoms with E-state index in [1.807, 2.05) is 23.5 Å². The lowest BCUT2D eigenvalue weighted by molar-refractivity contribution is 0.712. The van der Waals surface area contributed by atoms with Crippen molar-refractivity contribution in [3.8, 4) is 10.5 Å². The van der Waals surface area contributed by atoms with E-state index in [0.717, 1.165) is 0 Å². The van der Waals surface area contributed by atoms with Gasteiger partial charge in [0.05, 0.1) is 0 Å². The fourth-order valence-electron chi connectivity index (χ4n) is 1.80. The molecule has 0 bridgehead atoms. The van der Waals surface area contributed by atoms with Crippen molar-refractivity contribution in [1.82, 2.24) is 0 Å². The summed E-state index contributed by atoms with van der Waals surface area (Å²) in [4.78, 5) is 0. The number of hydrogen-bond donors (Lipinski definition) is 0. The topological polar surface area (TPSA) is 0 Å². The molecule has 0 amide bonds. The maximum absolute atomic E-state index is 3.22. The van der Waals surface area contributed by atoms with E-state index in [0.29, 0.717) is 0 Å². The Balaban J connectivity index is 2.13. The third-order valence-corrected chi connectivity index (χ3v) is 6.44. The molecule has 114 valence electrons. The first-order valence-electron chi connectivity index (χ1n) is 7.62. The van der Waals surface area contributed by atoms with Crippen LogP contribution in [0.2, 0.25) is 0 Å². The lowest BCUT2D eigenvalue weighted by Gasteiger charge is -2.00. The minimum atomic E-state index is 1.21. The fourth-order valence-corrected chi connectivity index (χ4v) is 4.82. The molecule has 0 aliphatic carbocycles. The zero-order valence-corrected chi connectivity index (χ0v) is 15.5. The largest absolute Gasteiger partial charge is 0.134 e. The molecule has 0 fully saturated rings. The number of rotatable bonds is 0. The van der Waals surface area contributed by atoms with Crippen molar-refractivity contribution in [2.45, 2.75) is 51.4 Å². The summed E-state index contributed by atoms with van der Waals surface area (Å²) in [6, 6.07) is 0. The minimum absolute atomic E-state index is 1.21. The molecule has 1 aliphatic rings. The van der Waals surface area contributed by atoms with Crippen LogP contribution in [-0.4, -0.2) is 23.0 Å². The molecule has 0 saturated heterocycles. The van der Waals surface area contributed by atoms with Crippen LogP contribution in [0.4, 0.5) is 0 Å². The molecule has 1 rings (SSSR count). The Morgan fingerprint density at radius 1 is 0.500 bits per heavy atom. The van der Waals surface area contributed by atoms with Gasteiger partial charge >= 0.3 is 0 Å². The van der Waals surface area contributed by atoms with Crippen molar-refractivity contribution in [3.05, 3.63) is 10.8 Å². The maximum atomic E-state index is 3.22. The lowest BCUT2D eigenvalue weighted by atomic mass is 10.2. The second kappa shape index (κ2) is 16.1. The van der Waals surface area contributed by atoms with E-state index in [2.05, 4.69) is 21.3 Å². The van der Waals surface area contributed by atoms with E-state index >= 15 is 0 Å². The van der Waals surface area contributed by atoms with Crippen molar-refractivity contribution in [1.29, 1.82) is 0 Å². The Morgan fingerprint density at radius 2 is 0.900 bits per heavy atom. The van der Waals surface area contributed by atoms with Gasteiger partial charge in [0.15, 0.2) is 0 Å². The van der Waals surface area contributed by atoms with Gasteiger partial charge in [-0.3, -0.25) is 0 Å². The van der Waals surface area contributed by atoms with Gasteiger partial charge in [0, 0.05) is 11.5 Å². The van der Waals surface area contributed by atoms with Crippen molar-refractivity contribution in [2.75, 3.05) is 23.0 Å². The second-order valence-corrected chi connectivity index (χ2v) is 8.57. The Labute approximate surface area is 142 Å². The second-order valence-electron chi connectivity index (χ2n) is 4.74. The molecule has 1 aliphatic heterocycles. The van der Waals surface area contributed by atoms with Gasteiger partial charge in [0.2, 0.25) is 0 Å². The highest BCUT2D eigenvalue weighted by Crippen LogP contribution is 2.15. The number of hydrogen-bond acceptors (Lipinski definition) is 4. The molecule has 20 heavy (non-hydrogen) atoms. The van der Waals surface area contributed by atoms with Gasteiger partial charge in [0.1, 0.15) is 0 Å². The highest BCUT2D eigenvalue weighted by atomic mass is 32.2. The molecule has 0 aromatic rings. The van der Waals surface area contributed by atoms with E-state index in [1.54, 1.807) is 23.5 Å². The minimum Gasteiger partial charge on any atom is -0.134 e. The van der Waals surface area contributed by atoms with Gasteiger partial charge in [-0.15, -0.1) is 23.5 Å². The average Bonchev–Trinajstić information content (AvgIpc) is 2.46. The van der Waals surface area contributed by atoms with Gasteiger partial charge in [-0.1, -0.05) is 49.2 Å². The summed E-state index contributed by atoms with van der Waals surface area (Å²) in [7, 11) is 0. The van der Waals surface area contributed by atoms with Crippen LogP contribution in [0, 0.1) is 10.5 Å². The van der Waals surface area contributed by atoms with Gasteiger partial charge in [-0.25, -0.2) is 0 Å². The van der Waals surface area contributed by atoms with Crippen LogP contribution < -0.4 is 0 Å². The first kappa shape index (κ1) is 18.7. The standard InChI is InChI=1S/C16H26S4/c1-2-6-10-18-15-16-20-12-8-4-3-7-11-19-14-13-17-9-5-1/h13-14H,1-12H2/b14-13-. The summed E-state index contributed by atoms with van der Waals surface area (Å²) >= 11 is 7.54. The average molecular weight is 347 g/mol. The smallest absolute Gasteiger partial charge is 0.00569 e. The molecular formula is C16H26S4. The van der Waals surface area contributed by atoms with E-state index in [1.165, 1.54) is 74.4 Å². The summed E-state index contributed by atoms with van der Waals surface area (Å²) in [5, 5.41) is 11.0. The first-order valence-corrected chi connectivity index (χ1v) is 11.7. The predicted molar refractivity (Wildman–Crippen MR) is 104 cm³/mol. The van der Waals surface area contributed by atoms with Crippen LogP contribution in [0.3, 0.4) is 0 Å². The van der Waals surface area contributed by atoms with E-state index < -0.39 is 0 Å². The zero-order chi connectivity index (χ0) is 14.1. The molecule has 0 nitrogen and oxygen atoms in total. The van der Waals surface area contributed by atoms with Crippen LogP contribution >= 0.6 is 47.0 Å². The monoisotopic (exact) mass is 346 g/mol. The predicted octanol–water partition coefficient (Wildman–Crippen LogP) is 6.44. The van der Waals surface area contributed by atoms with Crippen molar-refractivity contribution >= 4 is 47.0 Å². The van der Waals surface area contributed by atoms with Crippen LogP contribution in [0.5, 0.6) is 0 Å². The molecule has 0 N–H and O–H groups in total. The summed E-state index contributed by atoms with van der Waals surface area (Å²) in [5.74, 6) is 4.97. The highest BCUT2D eigenvalue weighted by Gasteiger charge is 1.92. The van der Waals surface area contributed by atoms with Crippen molar-refractivity contribution in [3.63, 3.8) is 0 Å². The third-order valence-electron chi connectivity index (χ3n) is 2.95. The SMILES string of the molecule is C1#CSCCCCCCS/C=C\SCCCCCCS1. The van der Waals surface area contributed by atoms with Gasteiger partial charge in [-0.2, -0.15) is 0 Å². The fraction of sp³-hybridized carbons (Fsp3) is 0.750. The molecule has 0 atom stereocenters. The Morgan fingerprint density at radius 3 is 1.35 bits per heavy atom. The maximum Gasteiger partial charge on any atom is 0.00569 e. The van der Waals surface area contributed by atoms with E-state index in [-0.39, 0.29) is 0 Å². The summed E-state index contributed by atoms with van der Waals surface area (Å²) in [6.45, 7) is 0. The molecule has 0 aromatic heterocycles. The van der Waals surface area contributed by atoms with Gasteiger partial charge in [-0.05, 0) is 58.5 Å². The molecule has 0 saturated carbocycles. The Kier molecular flexibility index (Phi) is 15.1. The third kappa shape index (κ3) is 13.7. The number of thioether (sulfide) groups is 4. The molecule has 0 unspecified atom stereocenters. The highest BCUT2D eigenvalue weighted by molar-refractivity contribution is 8.07. The lowest BCUT2D eigenvalue weighted by Crippen LogP contribution is -1.83. The molecule has 1 heterocycles. The molecule has 0 aromatic carbocycles. The summed E-state index contributed by atoms with van der Waals surface area (Å²) in [5.41, 5.74) is 0. The van der Waals surface area contributed by atoms with Crippen molar-refractivity contribution < 1.29 is 0 Å². The summed E-state index contributed by atoms with van der Waals surface area (Å²) in [6.07, 6.45) is 10.8. The van der Waals surface area contributed by atoms with Crippen molar-refractivity contribution in [2.24, 2.45) is 0 Å². The normalized spacial score (nSPS) is 23.2.